The zero-order valence-corrected chi connectivity index (χ0v) is 15.7. The topological polar surface area (TPSA) is 62.4 Å². The summed E-state index contributed by atoms with van der Waals surface area (Å²) in [5.41, 5.74) is 7.36. The van der Waals surface area contributed by atoms with Crippen molar-refractivity contribution in [2.75, 3.05) is 5.32 Å². The second-order valence-electron chi connectivity index (χ2n) is 5.84. The summed E-state index contributed by atoms with van der Waals surface area (Å²) in [6.45, 7) is 3.79. The van der Waals surface area contributed by atoms with Crippen LogP contribution in [-0.2, 0) is 0 Å². The highest BCUT2D eigenvalue weighted by atomic mass is 32.1. The Morgan fingerprint density at radius 1 is 1.11 bits per heavy atom. The quantitative estimate of drug-likeness (QED) is 0.389. The molecule has 0 spiro atoms. The fourth-order valence-electron chi connectivity index (χ4n) is 2.11. The zero-order chi connectivity index (χ0) is 20.9. The van der Waals surface area contributed by atoms with Crippen molar-refractivity contribution in [1.29, 1.82) is 0 Å². The Morgan fingerprint density at radius 3 is 2.50 bits per heavy atom. The maximum Gasteiger partial charge on any atom is 0.461 e. The van der Waals surface area contributed by atoms with Gasteiger partial charge in [0.25, 0.3) is 5.91 Å². The molecule has 150 valence electrons. The van der Waals surface area contributed by atoms with Gasteiger partial charge in [-0.25, -0.2) is 0 Å². The molecule has 0 aliphatic heterocycles. The van der Waals surface area contributed by atoms with Crippen molar-refractivity contribution in [3.8, 4) is 5.75 Å². The molecule has 0 unspecified atom stereocenters. The van der Waals surface area contributed by atoms with Crippen molar-refractivity contribution in [3.63, 3.8) is 0 Å². The molecule has 0 saturated heterocycles. The van der Waals surface area contributed by atoms with Crippen molar-refractivity contribution in [2.45, 2.75) is 26.4 Å². The van der Waals surface area contributed by atoms with E-state index >= 15 is 0 Å². The van der Waals surface area contributed by atoms with Crippen LogP contribution in [0.25, 0.3) is 0 Å². The number of hydrogen-bond acceptors (Lipinski definition) is 3. The largest absolute Gasteiger partial charge is 0.461 e. The van der Waals surface area contributed by atoms with Gasteiger partial charge >= 0.3 is 12.5 Å². The van der Waals surface area contributed by atoms with E-state index in [-0.39, 0.29) is 10.7 Å². The lowest BCUT2D eigenvalue weighted by atomic mass is 10.1. The van der Waals surface area contributed by atoms with E-state index in [2.05, 4.69) is 20.9 Å². The normalized spacial score (nSPS) is 11.1. The average Bonchev–Trinajstić information content (AvgIpc) is 2.62. The molecule has 1 amide bonds. The van der Waals surface area contributed by atoms with Gasteiger partial charge in [0.15, 0.2) is 5.11 Å². The van der Waals surface area contributed by atoms with Crippen LogP contribution in [-0.4, -0.2) is 23.6 Å². The van der Waals surface area contributed by atoms with Gasteiger partial charge in [0.1, 0.15) is 5.75 Å². The third kappa shape index (κ3) is 5.81. The van der Waals surface area contributed by atoms with E-state index < -0.39 is 24.2 Å². The summed E-state index contributed by atoms with van der Waals surface area (Å²) in [4.78, 5) is 12.1. The maximum absolute atomic E-state index is 13.0. The number of alkyl halides is 4. The molecule has 0 aliphatic carbocycles. The highest BCUT2D eigenvalue weighted by Crippen LogP contribution is 2.27. The van der Waals surface area contributed by atoms with E-state index in [9.17, 15) is 22.4 Å². The third-order valence-corrected chi connectivity index (χ3v) is 3.74. The van der Waals surface area contributed by atoms with Gasteiger partial charge in [0.2, 0.25) is 0 Å². The van der Waals surface area contributed by atoms with E-state index in [0.717, 1.165) is 28.9 Å². The molecule has 0 aromatic heterocycles. The Kier molecular flexibility index (Phi) is 6.79. The Hall–Kier alpha value is -2.88. The second kappa shape index (κ2) is 8.87. The lowest BCUT2D eigenvalue weighted by Crippen LogP contribution is -2.43. The molecule has 2 aromatic carbocycles. The number of thiocarbonyl (C=S) groups is 1. The van der Waals surface area contributed by atoms with Crippen LogP contribution >= 0.6 is 12.2 Å². The molecule has 10 heteroatoms. The summed E-state index contributed by atoms with van der Waals surface area (Å²) >= 11 is 5.09. The minimum Gasteiger partial charge on any atom is -0.428 e. The highest BCUT2D eigenvalue weighted by molar-refractivity contribution is 7.80. The molecule has 0 fully saturated rings. The van der Waals surface area contributed by atoms with Crippen LogP contribution in [0.2, 0.25) is 0 Å². The molecule has 0 atom stereocenters. The van der Waals surface area contributed by atoms with Gasteiger partial charge in [0.05, 0.1) is 0 Å². The number of hydrazine groups is 1. The Labute approximate surface area is 164 Å². The molecule has 5 nitrogen and oxygen atoms in total. The first-order valence-electron chi connectivity index (χ1n) is 7.98. The smallest absolute Gasteiger partial charge is 0.428 e. The predicted molar refractivity (Wildman–Crippen MR) is 101 cm³/mol. The predicted octanol–water partition coefficient (Wildman–Crippen LogP) is 4.17. The molecule has 2 aromatic rings. The van der Waals surface area contributed by atoms with E-state index in [1.54, 1.807) is 0 Å². The van der Waals surface area contributed by atoms with Crippen molar-refractivity contribution in [1.82, 2.24) is 10.9 Å². The molecule has 0 heterocycles. The number of benzene rings is 2. The van der Waals surface area contributed by atoms with Gasteiger partial charge in [-0.2, -0.15) is 17.6 Å². The number of aryl methyl sites for hydroxylation is 2. The highest BCUT2D eigenvalue weighted by Gasteiger charge is 2.44. The van der Waals surface area contributed by atoms with Crippen LogP contribution < -0.4 is 20.9 Å². The van der Waals surface area contributed by atoms with Gasteiger partial charge in [-0.15, -0.1) is 0 Å². The van der Waals surface area contributed by atoms with Crippen LogP contribution in [0.4, 0.5) is 23.2 Å². The Morgan fingerprint density at radius 2 is 1.82 bits per heavy atom. The second-order valence-corrected chi connectivity index (χ2v) is 6.25. The molecule has 0 bridgehead atoms. The summed E-state index contributed by atoms with van der Waals surface area (Å²) in [5.74, 6) is -1.30. The molecule has 3 N–H and O–H groups in total. The first-order chi connectivity index (χ1) is 13.1. The number of ether oxygens (including phenoxy) is 1. The summed E-state index contributed by atoms with van der Waals surface area (Å²) in [7, 11) is 0. The van der Waals surface area contributed by atoms with Gasteiger partial charge in [0, 0.05) is 11.3 Å². The summed E-state index contributed by atoms with van der Waals surface area (Å²) in [5, 5.41) is 3.01. The minimum atomic E-state index is -4.66. The average molecular weight is 415 g/mol. The SMILES string of the molecule is Cc1ccc(C)c(NC(=S)NNC(=O)c2cccc(OC(F)(F)C(F)F)c2)c1. The maximum atomic E-state index is 13.0. The van der Waals surface area contributed by atoms with Crippen molar-refractivity contribution in [3.05, 3.63) is 59.2 Å². The summed E-state index contributed by atoms with van der Waals surface area (Å²) in [6, 6.07) is 10.2. The van der Waals surface area contributed by atoms with Crippen molar-refractivity contribution < 1.29 is 27.1 Å². The van der Waals surface area contributed by atoms with E-state index in [1.807, 2.05) is 32.0 Å². The van der Waals surface area contributed by atoms with Crippen LogP contribution in [0.5, 0.6) is 5.75 Å². The molecule has 0 aliphatic rings. The monoisotopic (exact) mass is 415 g/mol. The molecular weight excluding hydrogens is 398 g/mol. The molecule has 2 rings (SSSR count). The number of anilines is 1. The zero-order valence-electron chi connectivity index (χ0n) is 14.9. The number of amides is 1. The number of carbonyl (C=O) groups is 1. The van der Waals surface area contributed by atoms with Gasteiger partial charge in [-0.3, -0.25) is 15.6 Å². The third-order valence-electron chi connectivity index (χ3n) is 3.54. The van der Waals surface area contributed by atoms with E-state index in [1.165, 1.54) is 12.1 Å². The fourth-order valence-corrected chi connectivity index (χ4v) is 2.27. The molecule has 0 radical (unpaired) electrons. The lowest BCUT2D eigenvalue weighted by Gasteiger charge is -2.17. The van der Waals surface area contributed by atoms with Gasteiger partial charge < -0.3 is 10.1 Å². The number of hydrogen-bond donors (Lipinski definition) is 3. The van der Waals surface area contributed by atoms with Crippen LogP contribution in [0.15, 0.2) is 42.5 Å². The standard InChI is InChI=1S/C18H17F4N3O2S/c1-10-6-7-11(2)14(8-10)23-17(28)25-24-15(26)12-4-3-5-13(9-12)27-18(21,22)16(19)20/h3-9,16H,1-2H3,(H,24,26)(H2,23,25,28). The lowest BCUT2D eigenvalue weighted by molar-refractivity contribution is -0.253. The molecule has 28 heavy (non-hydrogen) atoms. The minimum absolute atomic E-state index is 0.0930. The number of carbonyl (C=O) groups excluding carboxylic acids is 1. The molecular formula is C18H17F4N3O2S. The van der Waals surface area contributed by atoms with E-state index in [4.69, 9.17) is 12.2 Å². The fraction of sp³-hybridized carbons (Fsp3) is 0.222. The van der Waals surface area contributed by atoms with Crippen molar-refractivity contribution in [2.24, 2.45) is 0 Å². The van der Waals surface area contributed by atoms with Crippen LogP contribution in [0.1, 0.15) is 21.5 Å². The summed E-state index contributed by atoms with van der Waals surface area (Å²) in [6.07, 6.45) is -8.66. The molecule has 0 saturated carbocycles. The number of rotatable bonds is 5. The van der Waals surface area contributed by atoms with E-state index in [0.29, 0.717) is 0 Å². The first kappa shape index (κ1) is 21.4. The summed E-state index contributed by atoms with van der Waals surface area (Å²) < 4.78 is 54.3. The Bertz CT molecular complexity index is 878. The number of halogens is 4. The Balaban J connectivity index is 1.96. The van der Waals surface area contributed by atoms with Gasteiger partial charge in [-0.1, -0.05) is 18.2 Å². The first-order valence-corrected chi connectivity index (χ1v) is 8.39. The van der Waals surface area contributed by atoms with Crippen LogP contribution in [0.3, 0.4) is 0 Å². The van der Waals surface area contributed by atoms with Crippen LogP contribution in [0, 0.1) is 13.8 Å². The van der Waals surface area contributed by atoms with Gasteiger partial charge in [-0.05, 0) is 61.5 Å². The van der Waals surface area contributed by atoms with Crippen molar-refractivity contribution >= 4 is 28.9 Å². The number of nitrogens with one attached hydrogen (secondary N) is 3.